The molecule has 3 rings (SSSR count). The van der Waals surface area contributed by atoms with Gasteiger partial charge in [0.25, 0.3) is 0 Å². The zero-order valence-electron chi connectivity index (χ0n) is 16.2. The van der Waals surface area contributed by atoms with Crippen molar-refractivity contribution in [1.29, 1.82) is 0 Å². The lowest BCUT2D eigenvalue weighted by Gasteiger charge is -2.19. The summed E-state index contributed by atoms with van der Waals surface area (Å²) < 4.78 is 44.4. The van der Waals surface area contributed by atoms with E-state index in [-0.39, 0.29) is 11.4 Å². The lowest BCUT2D eigenvalue weighted by Crippen LogP contribution is -2.23. The summed E-state index contributed by atoms with van der Waals surface area (Å²) in [5.74, 6) is 1.67. The van der Waals surface area contributed by atoms with Crippen LogP contribution in [0, 0.1) is 6.92 Å². The lowest BCUT2D eigenvalue weighted by molar-refractivity contribution is -0.137. The molecular formula is C19H21F3N6O. The van der Waals surface area contributed by atoms with Crippen molar-refractivity contribution in [3.05, 3.63) is 47.7 Å². The van der Waals surface area contributed by atoms with Gasteiger partial charge in [0.05, 0.1) is 12.2 Å². The summed E-state index contributed by atoms with van der Waals surface area (Å²) in [6.45, 7) is 2.88. The van der Waals surface area contributed by atoms with Crippen molar-refractivity contribution in [2.75, 3.05) is 37.5 Å². The second-order valence-corrected chi connectivity index (χ2v) is 6.49. The molecular weight excluding hydrogens is 385 g/mol. The first-order valence-electron chi connectivity index (χ1n) is 8.82. The van der Waals surface area contributed by atoms with Crippen molar-refractivity contribution in [3.63, 3.8) is 0 Å². The Labute approximate surface area is 165 Å². The second-order valence-electron chi connectivity index (χ2n) is 6.49. The number of benzene rings is 1. The standard InChI is InChI=1S/C19H21F3N6O/c1-12-9-16(27-26-12)23-15-11-17(28(2)7-8-29-3)25-18(24-15)13-5-4-6-14(10-13)19(20,21)22/h4-6,9-11H,7-8H2,1-3H3,(H2,23,24,25,26,27). The van der Waals surface area contributed by atoms with Crippen LogP contribution in [0.1, 0.15) is 11.3 Å². The summed E-state index contributed by atoms with van der Waals surface area (Å²) in [6.07, 6.45) is -4.45. The van der Waals surface area contributed by atoms with E-state index in [4.69, 9.17) is 4.74 Å². The minimum Gasteiger partial charge on any atom is -0.383 e. The molecule has 0 unspecified atom stereocenters. The minimum atomic E-state index is -4.45. The van der Waals surface area contributed by atoms with E-state index in [2.05, 4.69) is 25.5 Å². The molecule has 2 heterocycles. The van der Waals surface area contributed by atoms with Gasteiger partial charge in [-0.2, -0.15) is 18.3 Å². The third-order valence-electron chi connectivity index (χ3n) is 4.14. The summed E-state index contributed by atoms with van der Waals surface area (Å²) in [5.41, 5.74) is 0.370. The van der Waals surface area contributed by atoms with E-state index < -0.39 is 11.7 Å². The fraction of sp³-hybridized carbons (Fsp3) is 0.316. The number of nitrogens with zero attached hydrogens (tertiary/aromatic N) is 4. The van der Waals surface area contributed by atoms with Crippen LogP contribution in [0.15, 0.2) is 36.4 Å². The minimum absolute atomic E-state index is 0.174. The fourth-order valence-corrected chi connectivity index (χ4v) is 2.61. The molecule has 2 aromatic heterocycles. The number of nitrogens with one attached hydrogen (secondary N) is 2. The maximum absolute atomic E-state index is 13.1. The Morgan fingerprint density at radius 1 is 1.14 bits per heavy atom. The maximum Gasteiger partial charge on any atom is 0.416 e. The van der Waals surface area contributed by atoms with E-state index in [1.165, 1.54) is 6.07 Å². The molecule has 29 heavy (non-hydrogen) atoms. The maximum atomic E-state index is 13.1. The van der Waals surface area contributed by atoms with Gasteiger partial charge >= 0.3 is 6.18 Å². The number of anilines is 3. The molecule has 0 bridgehead atoms. The average Bonchev–Trinajstić information content (AvgIpc) is 3.09. The molecule has 10 heteroatoms. The van der Waals surface area contributed by atoms with Gasteiger partial charge in [0.15, 0.2) is 11.6 Å². The van der Waals surface area contributed by atoms with Crippen LogP contribution in [0.5, 0.6) is 0 Å². The summed E-state index contributed by atoms with van der Waals surface area (Å²) in [7, 11) is 3.41. The molecule has 7 nitrogen and oxygen atoms in total. The number of ether oxygens (including phenoxy) is 1. The van der Waals surface area contributed by atoms with Crippen molar-refractivity contribution in [2.45, 2.75) is 13.1 Å². The van der Waals surface area contributed by atoms with Crippen LogP contribution in [0.4, 0.5) is 30.6 Å². The zero-order chi connectivity index (χ0) is 21.0. The predicted octanol–water partition coefficient (Wildman–Crippen LogP) is 4.02. The van der Waals surface area contributed by atoms with Crippen LogP contribution in [0.2, 0.25) is 0 Å². The number of aromatic nitrogens is 4. The number of halogens is 3. The number of hydrogen-bond donors (Lipinski definition) is 2. The van der Waals surface area contributed by atoms with Gasteiger partial charge in [0.1, 0.15) is 11.6 Å². The molecule has 0 spiro atoms. The number of methoxy groups -OCH3 is 1. The van der Waals surface area contributed by atoms with E-state index in [0.29, 0.717) is 30.6 Å². The van der Waals surface area contributed by atoms with Crippen molar-refractivity contribution < 1.29 is 17.9 Å². The van der Waals surface area contributed by atoms with Crippen LogP contribution in [0.25, 0.3) is 11.4 Å². The van der Waals surface area contributed by atoms with Gasteiger partial charge in [-0.15, -0.1) is 0 Å². The van der Waals surface area contributed by atoms with E-state index in [1.54, 1.807) is 25.3 Å². The molecule has 154 valence electrons. The van der Waals surface area contributed by atoms with Gasteiger partial charge in [0.2, 0.25) is 0 Å². The van der Waals surface area contributed by atoms with Gasteiger partial charge in [-0.3, -0.25) is 5.10 Å². The third-order valence-corrected chi connectivity index (χ3v) is 4.14. The van der Waals surface area contributed by atoms with Gasteiger partial charge in [-0.1, -0.05) is 12.1 Å². The van der Waals surface area contributed by atoms with Gasteiger partial charge < -0.3 is 15.0 Å². The Morgan fingerprint density at radius 2 is 1.93 bits per heavy atom. The van der Waals surface area contributed by atoms with Gasteiger partial charge in [0, 0.05) is 44.1 Å². The Bertz CT molecular complexity index is 973. The normalized spacial score (nSPS) is 11.5. The Kier molecular flexibility index (Phi) is 6.02. The number of hydrogen-bond acceptors (Lipinski definition) is 6. The molecule has 2 N–H and O–H groups in total. The molecule has 0 saturated carbocycles. The van der Waals surface area contributed by atoms with E-state index >= 15 is 0 Å². The van der Waals surface area contributed by atoms with Crippen LogP contribution >= 0.6 is 0 Å². The smallest absolute Gasteiger partial charge is 0.383 e. The van der Waals surface area contributed by atoms with E-state index in [0.717, 1.165) is 17.8 Å². The van der Waals surface area contributed by atoms with Gasteiger partial charge in [-0.05, 0) is 19.1 Å². The summed E-state index contributed by atoms with van der Waals surface area (Å²) in [6, 6.07) is 8.44. The topological polar surface area (TPSA) is 79.0 Å². The first-order valence-corrected chi connectivity index (χ1v) is 8.82. The van der Waals surface area contributed by atoms with E-state index in [9.17, 15) is 13.2 Å². The lowest BCUT2D eigenvalue weighted by atomic mass is 10.1. The molecule has 0 radical (unpaired) electrons. The molecule has 0 fully saturated rings. The van der Waals surface area contributed by atoms with Crippen LogP contribution in [0.3, 0.4) is 0 Å². The molecule has 0 amide bonds. The highest BCUT2D eigenvalue weighted by Crippen LogP contribution is 2.32. The highest BCUT2D eigenvalue weighted by atomic mass is 19.4. The second kappa shape index (κ2) is 8.48. The van der Waals surface area contributed by atoms with Crippen LogP contribution in [-0.2, 0) is 10.9 Å². The largest absolute Gasteiger partial charge is 0.416 e. The molecule has 0 aliphatic carbocycles. The summed E-state index contributed by atoms with van der Waals surface area (Å²) in [4.78, 5) is 10.7. The van der Waals surface area contributed by atoms with Crippen LogP contribution < -0.4 is 10.2 Å². The Balaban J connectivity index is 2.02. The van der Waals surface area contributed by atoms with Crippen molar-refractivity contribution in [2.24, 2.45) is 0 Å². The number of H-pyrrole nitrogens is 1. The van der Waals surface area contributed by atoms with Crippen molar-refractivity contribution >= 4 is 17.5 Å². The predicted molar refractivity (Wildman–Crippen MR) is 104 cm³/mol. The summed E-state index contributed by atoms with van der Waals surface area (Å²) in [5, 5.41) is 9.98. The molecule has 1 aromatic carbocycles. The molecule has 0 atom stereocenters. The molecule has 0 aliphatic heterocycles. The third kappa shape index (κ3) is 5.23. The zero-order valence-corrected chi connectivity index (χ0v) is 16.2. The Morgan fingerprint density at radius 3 is 2.59 bits per heavy atom. The Hall–Kier alpha value is -3.14. The monoisotopic (exact) mass is 406 g/mol. The highest BCUT2D eigenvalue weighted by Gasteiger charge is 2.30. The number of rotatable bonds is 7. The van der Waals surface area contributed by atoms with Crippen molar-refractivity contribution in [1.82, 2.24) is 20.2 Å². The number of likely N-dealkylation sites (N-methyl/N-ethyl adjacent to an activating group) is 1. The first-order chi connectivity index (χ1) is 13.8. The molecule has 0 saturated heterocycles. The number of aromatic amines is 1. The number of alkyl halides is 3. The SMILES string of the molecule is COCCN(C)c1cc(Nc2cc(C)[nH]n2)nc(-c2cccc(C(F)(F)F)c2)n1. The number of aryl methyl sites for hydroxylation is 1. The van der Waals surface area contributed by atoms with E-state index in [1.807, 2.05) is 18.9 Å². The molecule has 0 aliphatic rings. The first kappa shape index (κ1) is 20.6. The van der Waals surface area contributed by atoms with Gasteiger partial charge in [-0.25, -0.2) is 9.97 Å². The fourth-order valence-electron chi connectivity index (χ4n) is 2.61. The quantitative estimate of drug-likeness (QED) is 0.617. The summed E-state index contributed by atoms with van der Waals surface area (Å²) >= 11 is 0. The highest BCUT2D eigenvalue weighted by molar-refractivity contribution is 5.65. The van der Waals surface area contributed by atoms with Crippen LogP contribution in [-0.4, -0.2) is 47.5 Å². The molecule has 3 aromatic rings. The average molecular weight is 406 g/mol. The van der Waals surface area contributed by atoms with Crippen molar-refractivity contribution in [3.8, 4) is 11.4 Å².